The molecule has 14 heavy (non-hydrogen) atoms. The Bertz CT molecular complexity index is 277. The largest absolute Gasteiger partial charge is 0.468 e. The van der Waals surface area contributed by atoms with Crippen molar-refractivity contribution in [3.8, 4) is 0 Å². The van der Waals surface area contributed by atoms with Gasteiger partial charge in [0, 0.05) is 18.6 Å². The molecule has 1 aliphatic carbocycles. The smallest absolute Gasteiger partial charge is 0.120 e. The van der Waals surface area contributed by atoms with Crippen molar-refractivity contribution < 1.29 is 9.52 Å². The molecular weight excluding hydrogens is 178 g/mol. The highest BCUT2D eigenvalue weighted by atomic mass is 16.3. The minimum atomic E-state index is 0.168. The molecule has 2 rings (SSSR count). The number of hydrogen-bond acceptors (Lipinski definition) is 3. The number of hydrogen-bond donors (Lipinski definition) is 2. The Balaban J connectivity index is 1.81. The van der Waals surface area contributed by atoms with Gasteiger partial charge in [0.15, 0.2) is 0 Å². The monoisotopic (exact) mass is 195 g/mol. The first-order valence-electron chi connectivity index (χ1n) is 5.13. The molecule has 0 aromatic carbocycles. The second-order valence-corrected chi connectivity index (χ2v) is 4.28. The average molecular weight is 195 g/mol. The Kier molecular flexibility index (Phi) is 2.61. The van der Waals surface area contributed by atoms with E-state index in [0.717, 1.165) is 25.1 Å². The fourth-order valence-electron chi connectivity index (χ4n) is 1.58. The molecule has 1 fully saturated rings. The first kappa shape index (κ1) is 9.74. The normalized spacial score (nSPS) is 20.7. The van der Waals surface area contributed by atoms with Crippen molar-refractivity contribution in [3.05, 3.63) is 24.2 Å². The number of nitrogens with one attached hydrogen (secondary N) is 1. The molecule has 0 amide bonds. The molecule has 78 valence electrons. The molecule has 1 aromatic rings. The molecule has 1 heterocycles. The summed E-state index contributed by atoms with van der Waals surface area (Å²) in [5.74, 6) is 0.957. The molecule has 0 spiro atoms. The second-order valence-electron chi connectivity index (χ2n) is 4.28. The van der Waals surface area contributed by atoms with Crippen LogP contribution in [0.3, 0.4) is 0 Å². The maximum Gasteiger partial charge on any atom is 0.120 e. The summed E-state index contributed by atoms with van der Waals surface area (Å²) < 4.78 is 5.29. The number of furan rings is 1. The summed E-state index contributed by atoms with van der Waals surface area (Å²) in [6, 6.07) is 4.09. The number of rotatable bonds is 5. The topological polar surface area (TPSA) is 45.4 Å². The molecule has 0 aliphatic heterocycles. The van der Waals surface area contributed by atoms with Gasteiger partial charge >= 0.3 is 0 Å². The highest BCUT2D eigenvalue weighted by molar-refractivity contribution is 5.04. The fourth-order valence-corrected chi connectivity index (χ4v) is 1.58. The van der Waals surface area contributed by atoms with E-state index in [1.54, 1.807) is 6.26 Å². The van der Waals surface area contributed by atoms with E-state index in [0.29, 0.717) is 6.61 Å². The quantitative estimate of drug-likeness (QED) is 0.751. The Morgan fingerprint density at radius 1 is 1.64 bits per heavy atom. The van der Waals surface area contributed by atoms with E-state index in [1.165, 1.54) is 0 Å². The van der Waals surface area contributed by atoms with Crippen LogP contribution in [0.5, 0.6) is 0 Å². The SMILES string of the molecule is CC(NCC1(CO)CC1)c1ccco1. The third-order valence-corrected chi connectivity index (χ3v) is 3.05. The van der Waals surface area contributed by atoms with E-state index in [-0.39, 0.29) is 11.5 Å². The van der Waals surface area contributed by atoms with Crippen molar-refractivity contribution in [1.29, 1.82) is 0 Å². The lowest BCUT2D eigenvalue weighted by atomic mass is 10.1. The van der Waals surface area contributed by atoms with Gasteiger partial charge in [-0.25, -0.2) is 0 Å². The van der Waals surface area contributed by atoms with Gasteiger partial charge in [0.25, 0.3) is 0 Å². The summed E-state index contributed by atoms with van der Waals surface area (Å²) in [7, 11) is 0. The summed E-state index contributed by atoms with van der Waals surface area (Å²) >= 11 is 0. The Labute approximate surface area is 84.1 Å². The summed E-state index contributed by atoms with van der Waals surface area (Å²) in [4.78, 5) is 0. The van der Waals surface area contributed by atoms with Crippen LogP contribution in [0.1, 0.15) is 31.6 Å². The lowest BCUT2D eigenvalue weighted by molar-refractivity contribution is 0.203. The molecule has 0 radical (unpaired) electrons. The lowest BCUT2D eigenvalue weighted by Crippen LogP contribution is -2.28. The molecular formula is C11H17NO2. The minimum absolute atomic E-state index is 0.168. The molecule has 3 heteroatoms. The van der Waals surface area contributed by atoms with E-state index in [1.807, 2.05) is 12.1 Å². The van der Waals surface area contributed by atoms with Crippen molar-refractivity contribution in [3.63, 3.8) is 0 Å². The standard InChI is InChI=1S/C11H17NO2/c1-9(10-3-2-6-14-10)12-7-11(8-13)4-5-11/h2-3,6,9,12-13H,4-5,7-8H2,1H3. The number of aliphatic hydroxyl groups is 1. The van der Waals surface area contributed by atoms with E-state index in [9.17, 15) is 0 Å². The van der Waals surface area contributed by atoms with Gasteiger partial charge in [0.05, 0.1) is 12.3 Å². The molecule has 3 nitrogen and oxygen atoms in total. The molecule has 1 aliphatic rings. The Morgan fingerprint density at radius 2 is 2.43 bits per heavy atom. The van der Waals surface area contributed by atoms with Crippen LogP contribution in [0, 0.1) is 5.41 Å². The Hall–Kier alpha value is -0.800. The van der Waals surface area contributed by atoms with Gasteiger partial charge in [-0.05, 0) is 31.9 Å². The van der Waals surface area contributed by atoms with Crippen molar-refractivity contribution in [2.24, 2.45) is 5.41 Å². The van der Waals surface area contributed by atoms with Gasteiger partial charge in [0.1, 0.15) is 5.76 Å². The van der Waals surface area contributed by atoms with Gasteiger partial charge in [-0.3, -0.25) is 0 Å². The average Bonchev–Trinajstić information content (AvgIpc) is 2.78. The van der Waals surface area contributed by atoms with Crippen molar-refractivity contribution in [2.45, 2.75) is 25.8 Å². The van der Waals surface area contributed by atoms with Crippen LogP contribution in [-0.2, 0) is 0 Å². The van der Waals surface area contributed by atoms with Crippen LogP contribution in [-0.4, -0.2) is 18.3 Å². The van der Waals surface area contributed by atoms with Gasteiger partial charge in [-0.2, -0.15) is 0 Å². The fraction of sp³-hybridized carbons (Fsp3) is 0.636. The minimum Gasteiger partial charge on any atom is -0.468 e. The summed E-state index contributed by atoms with van der Waals surface area (Å²) in [6.45, 7) is 3.25. The lowest BCUT2D eigenvalue weighted by Gasteiger charge is -2.16. The maximum atomic E-state index is 9.14. The van der Waals surface area contributed by atoms with E-state index < -0.39 is 0 Å². The third-order valence-electron chi connectivity index (χ3n) is 3.05. The molecule has 1 atom stereocenters. The van der Waals surface area contributed by atoms with Crippen molar-refractivity contribution >= 4 is 0 Å². The third kappa shape index (κ3) is 1.99. The van der Waals surface area contributed by atoms with Crippen molar-refractivity contribution in [2.75, 3.05) is 13.2 Å². The highest BCUT2D eigenvalue weighted by Gasteiger charge is 2.41. The number of aliphatic hydroxyl groups excluding tert-OH is 1. The van der Waals surface area contributed by atoms with Crippen LogP contribution < -0.4 is 5.32 Å². The van der Waals surface area contributed by atoms with Crippen LogP contribution in [0.2, 0.25) is 0 Å². The van der Waals surface area contributed by atoms with Gasteiger partial charge in [0.2, 0.25) is 0 Å². The predicted octanol–water partition coefficient (Wildman–Crippen LogP) is 1.70. The molecule has 1 saturated carbocycles. The van der Waals surface area contributed by atoms with E-state index in [4.69, 9.17) is 9.52 Å². The zero-order chi connectivity index (χ0) is 10.0. The molecule has 0 saturated heterocycles. The first-order chi connectivity index (χ1) is 6.76. The summed E-state index contributed by atoms with van der Waals surface area (Å²) in [5.41, 5.74) is 0.168. The first-order valence-corrected chi connectivity index (χ1v) is 5.13. The Morgan fingerprint density at radius 3 is 2.93 bits per heavy atom. The molecule has 0 bridgehead atoms. The van der Waals surface area contributed by atoms with Crippen LogP contribution in [0.25, 0.3) is 0 Å². The maximum absolute atomic E-state index is 9.14. The van der Waals surface area contributed by atoms with E-state index in [2.05, 4.69) is 12.2 Å². The van der Waals surface area contributed by atoms with Crippen LogP contribution in [0.4, 0.5) is 0 Å². The predicted molar refractivity (Wildman–Crippen MR) is 53.9 cm³/mol. The molecule has 2 N–H and O–H groups in total. The second kappa shape index (κ2) is 3.75. The van der Waals surface area contributed by atoms with Gasteiger partial charge < -0.3 is 14.8 Å². The summed E-state index contributed by atoms with van der Waals surface area (Å²) in [6.07, 6.45) is 3.97. The highest BCUT2D eigenvalue weighted by Crippen LogP contribution is 2.44. The van der Waals surface area contributed by atoms with Crippen LogP contribution >= 0.6 is 0 Å². The zero-order valence-corrected chi connectivity index (χ0v) is 8.49. The zero-order valence-electron chi connectivity index (χ0n) is 8.49. The summed E-state index contributed by atoms with van der Waals surface area (Å²) in [5, 5.41) is 12.5. The van der Waals surface area contributed by atoms with E-state index >= 15 is 0 Å². The van der Waals surface area contributed by atoms with Gasteiger partial charge in [-0.1, -0.05) is 0 Å². The van der Waals surface area contributed by atoms with Gasteiger partial charge in [-0.15, -0.1) is 0 Å². The van der Waals surface area contributed by atoms with Crippen LogP contribution in [0.15, 0.2) is 22.8 Å². The molecule has 1 aromatic heterocycles. The van der Waals surface area contributed by atoms with Crippen molar-refractivity contribution in [1.82, 2.24) is 5.32 Å². The molecule has 1 unspecified atom stereocenters.